The normalized spacial score (nSPS) is 22.5. The Morgan fingerprint density at radius 1 is 1.14 bits per heavy atom. The molecule has 1 saturated heterocycles. The number of hydrogen-bond acceptors (Lipinski definition) is 5. The fraction of sp³-hybridized carbons (Fsp3) is 0.444. The number of hydrogen-bond donors (Lipinski definition) is 0. The minimum absolute atomic E-state index is 0.0600. The van der Waals surface area contributed by atoms with Crippen LogP contribution in [0, 0.1) is 0 Å². The Balaban J connectivity index is 1.42. The molecule has 0 aliphatic carbocycles. The van der Waals surface area contributed by atoms with Gasteiger partial charge < -0.3 is 0 Å². The first-order valence-electron chi connectivity index (χ1n) is 9.13. The van der Waals surface area contributed by atoms with Crippen LogP contribution in [0.15, 0.2) is 42.6 Å². The van der Waals surface area contributed by atoms with Crippen molar-refractivity contribution in [3.63, 3.8) is 0 Å². The van der Waals surface area contributed by atoms with Gasteiger partial charge in [-0.2, -0.15) is 17.5 Å². The highest BCUT2D eigenvalue weighted by atomic mass is 32.2. The van der Waals surface area contributed by atoms with Crippen LogP contribution in [0.2, 0.25) is 0 Å². The molecule has 1 aromatic heterocycles. The van der Waals surface area contributed by atoms with E-state index in [4.69, 9.17) is 0 Å². The Morgan fingerprint density at radius 2 is 1.90 bits per heavy atom. The molecule has 0 bridgehead atoms. The van der Waals surface area contributed by atoms with Gasteiger partial charge in [0.25, 0.3) is 0 Å². The highest BCUT2D eigenvalue weighted by molar-refractivity contribution is 7.89. The molecular weight excluding hydrogens is 407 g/mol. The predicted octanol–water partition coefficient (Wildman–Crippen LogP) is 1.73. The molecule has 1 fully saturated rings. The maximum Gasteiger partial charge on any atom is 0.416 e. The minimum atomic E-state index is -4.41. The molecule has 29 heavy (non-hydrogen) atoms. The molecular formula is C18H20F3N5O2S. The predicted molar refractivity (Wildman–Crippen MR) is 99.3 cm³/mol. The molecule has 3 heterocycles. The summed E-state index contributed by atoms with van der Waals surface area (Å²) >= 11 is 0. The van der Waals surface area contributed by atoms with E-state index < -0.39 is 21.8 Å². The zero-order valence-electron chi connectivity index (χ0n) is 15.5. The number of benzene rings is 1. The summed E-state index contributed by atoms with van der Waals surface area (Å²) < 4.78 is 66.3. The first kappa shape index (κ1) is 20.0. The molecule has 156 valence electrons. The van der Waals surface area contributed by atoms with Crippen LogP contribution in [0.3, 0.4) is 0 Å². The van der Waals surface area contributed by atoms with Crippen molar-refractivity contribution in [1.82, 2.24) is 24.2 Å². The van der Waals surface area contributed by atoms with Crippen molar-refractivity contribution in [2.75, 3.05) is 25.4 Å². The lowest BCUT2D eigenvalue weighted by Crippen LogP contribution is -2.37. The van der Waals surface area contributed by atoms with Gasteiger partial charge in [-0.05, 0) is 17.7 Å². The zero-order valence-corrected chi connectivity index (χ0v) is 16.3. The highest BCUT2D eigenvalue weighted by Gasteiger charge is 2.39. The van der Waals surface area contributed by atoms with Crippen molar-refractivity contribution in [3.05, 3.63) is 59.4 Å². The van der Waals surface area contributed by atoms with E-state index in [0.29, 0.717) is 17.8 Å². The zero-order chi connectivity index (χ0) is 20.6. The number of aromatic nitrogens is 3. The molecule has 2 aliphatic rings. The Kier molecular flexibility index (Phi) is 5.21. The monoisotopic (exact) mass is 427 g/mol. The molecule has 0 amide bonds. The van der Waals surface area contributed by atoms with Crippen LogP contribution in [0.25, 0.3) is 0 Å². The van der Waals surface area contributed by atoms with Gasteiger partial charge in [-0.25, -0.2) is 13.1 Å². The van der Waals surface area contributed by atoms with Gasteiger partial charge in [0.1, 0.15) is 0 Å². The van der Waals surface area contributed by atoms with E-state index in [1.165, 1.54) is 15.1 Å². The van der Waals surface area contributed by atoms with Crippen LogP contribution in [0.1, 0.15) is 16.8 Å². The second kappa shape index (κ2) is 7.54. The lowest BCUT2D eigenvalue weighted by molar-refractivity contribution is -0.137. The average molecular weight is 427 g/mol. The number of nitrogens with zero attached hydrogens (tertiary/aromatic N) is 5. The maximum atomic E-state index is 12.8. The van der Waals surface area contributed by atoms with Crippen molar-refractivity contribution < 1.29 is 21.6 Å². The topological polar surface area (TPSA) is 71.3 Å². The van der Waals surface area contributed by atoms with E-state index in [-0.39, 0.29) is 24.9 Å². The van der Waals surface area contributed by atoms with Crippen molar-refractivity contribution in [3.8, 4) is 0 Å². The number of sulfonamides is 1. The Hall–Kier alpha value is -2.24. The summed E-state index contributed by atoms with van der Waals surface area (Å²) in [4.78, 5) is 2.11. The van der Waals surface area contributed by atoms with Crippen LogP contribution in [0.5, 0.6) is 0 Å². The SMILES string of the molecule is O=S1(=O)CC(N2CC=CC2)CN1Cc1cn(Cc2cccc(C(F)(F)F)c2)nn1. The second-order valence-electron chi connectivity index (χ2n) is 7.26. The minimum Gasteiger partial charge on any atom is -0.291 e. The molecule has 1 unspecified atom stereocenters. The van der Waals surface area contributed by atoms with Gasteiger partial charge in [0, 0.05) is 25.7 Å². The van der Waals surface area contributed by atoms with Gasteiger partial charge in [0.2, 0.25) is 10.0 Å². The van der Waals surface area contributed by atoms with E-state index >= 15 is 0 Å². The van der Waals surface area contributed by atoms with Gasteiger partial charge in [0.05, 0.1) is 36.3 Å². The molecule has 0 radical (unpaired) electrons. The summed E-state index contributed by atoms with van der Waals surface area (Å²) in [7, 11) is -3.38. The van der Waals surface area contributed by atoms with Gasteiger partial charge >= 0.3 is 6.18 Å². The van der Waals surface area contributed by atoms with Crippen molar-refractivity contribution in [2.24, 2.45) is 0 Å². The third-order valence-corrected chi connectivity index (χ3v) is 6.97. The van der Waals surface area contributed by atoms with Crippen LogP contribution in [-0.2, 0) is 29.3 Å². The largest absolute Gasteiger partial charge is 0.416 e. The fourth-order valence-corrected chi connectivity index (χ4v) is 5.37. The summed E-state index contributed by atoms with van der Waals surface area (Å²) in [5.41, 5.74) is 0.174. The molecule has 0 N–H and O–H groups in total. The number of rotatable bonds is 5. The number of alkyl halides is 3. The smallest absolute Gasteiger partial charge is 0.291 e. The molecule has 0 saturated carbocycles. The van der Waals surface area contributed by atoms with E-state index in [2.05, 4.69) is 15.2 Å². The molecule has 0 spiro atoms. The van der Waals surface area contributed by atoms with Gasteiger partial charge in [-0.15, -0.1) is 5.10 Å². The molecule has 4 rings (SSSR count). The van der Waals surface area contributed by atoms with E-state index in [1.54, 1.807) is 12.3 Å². The Morgan fingerprint density at radius 3 is 2.62 bits per heavy atom. The summed E-state index contributed by atoms with van der Waals surface area (Å²) in [6.07, 6.45) is 1.21. The Bertz CT molecular complexity index is 1010. The van der Waals surface area contributed by atoms with Crippen molar-refractivity contribution in [1.29, 1.82) is 0 Å². The molecule has 1 aromatic carbocycles. The second-order valence-corrected chi connectivity index (χ2v) is 9.27. The van der Waals surface area contributed by atoms with E-state index in [1.807, 2.05) is 12.2 Å². The van der Waals surface area contributed by atoms with E-state index in [0.717, 1.165) is 25.2 Å². The quantitative estimate of drug-likeness (QED) is 0.680. The van der Waals surface area contributed by atoms with Gasteiger partial charge in [-0.1, -0.05) is 29.5 Å². The molecule has 1 atom stereocenters. The molecule has 2 aromatic rings. The molecule has 7 nitrogen and oxygen atoms in total. The third kappa shape index (κ3) is 4.51. The third-order valence-electron chi connectivity index (χ3n) is 5.10. The summed E-state index contributed by atoms with van der Waals surface area (Å²) in [6.45, 7) is 2.11. The fourth-order valence-electron chi connectivity index (χ4n) is 3.63. The van der Waals surface area contributed by atoms with Crippen LogP contribution in [0.4, 0.5) is 13.2 Å². The average Bonchev–Trinajstić information content (AvgIpc) is 3.36. The maximum absolute atomic E-state index is 12.8. The lowest BCUT2D eigenvalue weighted by atomic mass is 10.1. The van der Waals surface area contributed by atoms with Gasteiger partial charge in [-0.3, -0.25) is 4.90 Å². The van der Waals surface area contributed by atoms with Gasteiger partial charge in [0.15, 0.2) is 0 Å². The summed E-state index contributed by atoms with van der Waals surface area (Å²) in [5, 5.41) is 7.93. The standard InChI is InChI=1S/C18H20F3N5O2S/c19-18(20,21)15-5-3-4-14(8-15)9-25-10-16(22-23-25)11-26-12-17(13-29(26,27)28)24-6-1-2-7-24/h1-5,8,10,17H,6-7,9,11-13H2. The number of halogens is 3. The molecule has 11 heteroatoms. The first-order chi connectivity index (χ1) is 13.7. The van der Waals surface area contributed by atoms with Crippen LogP contribution < -0.4 is 0 Å². The first-order valence-corrected chi connectivity index (χ1v) is 10.7. The lowest BCUT2D eigenvalue weighted by Gasteiger charge is -2.21. The summed E-state index contributed by atoms with van der Waals surface area (Å²) in [5.74, 6) is 0.0764. The summed E-state index contributed by atoms with van der Waals surface area (Å²) in [6, 6.07) is 4.95. The van der Waals surface area contributed by atoms with Crippen LogP contribution in [-0.4, -0.2) is 64.0 Å². The highest BCUT2D eigenvalue weighted by Crippen LogP contribution is 2.29. The van der Waals surface area contributed by atoms with Crippen molar-refractivity contribution in [2.45, 2.75) is 25.3 Å². The molecule has 2 aliphatic heterocycles. The Labute approximate surface area is 166 Å². The van der Waals surface area contributed by atoms with Crippen LogP contribution >= 0.6 is 0 Å². The van der Waals surface area contributed by atoms with E-state index in [9.17, 15) is 21.6 Å². The van der Waals surface area contributed by atoms with Crippen molar-refractivity contribution >= 4 is 10.0 Å².